The maximum atomic E-state index is 11.8. The van der Waals surface area contributed by atoms with E-state index in [1.165, 1.54) is 7.05 Å². The first kappa shape index (κ1) is 17.8. The van der Waals surface area contributed by atoms with Crippen molar-refractivity contribution in [3.05, 3.63) is 0 Å². The lowest BCUT2D eigenvalue weighted by Gasteiger charge is -2.27. The third-order valence-electron chi connectivity index (χ3n) is 3.04. The minimum atomic E-state index is -3.76. The molecule has 9 nitrogen and oxygen atoms in total. The molecule has 1 saturated heterocycles. The molecule has 1 rings (SSSR count). The van der Waals surface area contributed by atoms with Gasteiger partial charge in [0.15, 0.2) is 0 Å². The number of hydrogen-bond donors (Lipinski definition) is 2. The normalized spacial score (nSPS) is 16.2. The maximum Gasteiger partial charge on any atom is 0.304 e. The molecule has 0 saturated carbocycles. The van der Waals surface area contributed by atoms with Crippen LogP contribution in [0.4, 0.5) is 0 Å². The number of carbonyl (C=O) groups is 2. The van der Waals surface area contributed by atoms with Gasteiger partial charge in [-0.25, -0.2) is 4.72 Å². The summed E-state index contributed by atoms with van der Waals surface area (Å²) in [5.41, 5.74) is 0. The van der Waals surface area contributed by atoms with E-state index in [9.17, 15) is 18.0 Å². The molecular formula is C11H21N3O6S. The zero-order valence-corrected chi connectivity index (χ0v) is 12.8. The number of nitrogens with one attached hydrogen (secondary N) is 1. The molecule has 1 heterocycles. The Morgan fingerprint density at radius 3 is 2.48 bits per heavy atom. The Balaban J connectivity index is 2.32. The van der Waals surface area contributed by atoms with Crippen molar-refractivity contribution in [2.45, 2.75) is 12.8 Å². The van der Waals surface area contributed by atoms with Crippen LogP contribution >= 0.6 is 0 Å². The van der Waals surface area contributed by atoms with Crippen LogP contribution in [0.3, 0.4) is 0 Å². The van der Waals surface area contributed by atoms with Crippen molar-refractivity contribution in [1.29, 1.82) is 0 Å². The van der Waals surface area contributed by atoms with E-state index >= 15 is 0 Å². The van der Waals surface area contributed by atoms with Crippen molar-refractivity contribution in [3.63, 3.8) is 0 Å². The minimum Gasteiger partial charge on any atom is -0.481 e. The van der Waals surface area contributed by atoms with Gasteiger partial charge in [0.05, 0.1) is 19.6 Å². The second kappa shape index (κ2) is 8.27. The molecule has 0 bridgehead atoms. The molecule has 0 spiro atoms. The standard InChI is InChI=1S/C11H21N3O6S/c1-13(5-3-11(16)17)21(18,19)12-4-2-10(15)14-6-8-20-9-7-14/h12H,2-9H2,1H3,(H,16,17). The number of aliphatic carboxylic acids is 1. The number of carboxylic acid groups (broad SMARTS) is 1. The Hall–Kier alpha value is -1.23. The quantitative estimate of drug-likeness (QED) is 0.560. The Kier molecular flexibility index (Phi) is 7.02. The number of hydrogen-bond acceptors (Lipinski definition) is 5. The molecule has 1 aliphatic rings. The molecule has 122 valence electrons. The van der Waals surface area contributed by atoms with Gasteiger partial charge in [0, 0.05) is 39.6 Å². The van der Waals surface area contributed by atoms with E-state index < -0.39 is 16.2 Å². The Bertz CT molecular complexity index is 461. The number of nitrogens with zero attached hydrogens (tertiary/aromatic N) is 2. The Labute approximate surface area is 124 Å². The van der Waals surface area contributed by atoms with E-state index in [0.717, 1.165) is 4.31 Å². The first-order valence-electron chi connectivity index (χ1n) is 6.61. The number of carboxylic acids is 1. The van der Waals surface area contributed by atoms with Crippen LogP contribution in [0, 0.1) is 0 Å². The molecule has 1 fully saturated rings. The van der Waals surface area contributed by atoms with E-state index in [0.29, 0.717) is 26.3 Å². The van der Waals surface area contributed by atoms with Gasteiger partial charge in [-0.2, -0.15) is 12.7 Å². The molecule has 1 amide bonds. The summed E-state index contributed by atoms with van der Waals surface area (Å²) in [6.45, 7) is 1.89. The minimum absolute atomic E-state index is 0.0179. The highest BCUT2D eigenvalue weighted by atomic mass is 32.2. The molecule has 0 aliphatic carbocycles. The van der Waals surface area contributed by atoms with Gasteiger partial charge in [-0.05, 0) is 0 Å². The summed E-state index contributed by atoms with van der Waals surface area (Å²) in [7, 11) is -2.47. The van der Waals surface area contributed by atoms with Crippen molar-refractivity contribution in [2.24, 2.45) is 0 Å². The summed E-state index contributed by atoms with van der Waals surface area (Å²) in [5, 5.41) is 8.52. The number of amides is 1. The van der Waals surface area contributed by atoms with E-state index in [1.54, 1.807) is 4.90 Å². The SMILES string of the molecule is CN(CCC(=O)O)S(=O)(=O)NCCC(=O)N1CCOCC1. The zero-order chi connectivity index (χ0) is 15.9. The van der Waals surface area contributed by atoms with Crippen LogP contribution < -0.4 is 4.72 Å². The third kappa shape index (κ3) is 6.38. The van der Waals surface area contributed by atoms with Crippen LogP contribution in [0.15, 0.2) is 0 Å². The Morgan fingerprint density at radius 2 is 1.90 bits per heavy atom. The molecule has 0 radical (unpaired) electrons. The van der Waals surface area contributed by atoms with Gasteiger partial charge in [0.25, 0.3) is 10.2 Å². The van der Waals surface area contributed by atoms with Crippen LogP contribution in [0.2, 0.25) is 0 Å². The molecule has 21 heavy (non-hydrogen) atoms. The van der Waals surface area contributed by atoms with E-state index in [4.69, 9.17) is 9.84 Å². The van der Waals surface area contributed by atoms with Crippen molar-refractivity contribution in [1.82, 2.24) is 13.9 Å². The van der Waals surface area contributed by atoms with Gasteiger partial charge in [0.2, 0.25) is 5.91 Å². The number of carbonyl (C=O) groups excluding carboxylic acids is 1. The van der Waals surface area contributed by atoms with Gasteiger partial charge >= 0.3 is 5.97 Å². The first-order chi connectivity index (χ1) is 9.83. The van der Waals surface area contributed by atoms with Crippen LogP contribution in [0.1, 0.15) is 12.8 Å². The predicted molar refractivity (Wildman–Crippen MR) is 73.8 cm³/mol. The fourth-order valence-electron chi connectivity index (χ4n) is 1.74. The number of rotatable bonds is 8. The monoisotopic (exact) mass is 323 g/mol. The average molecular weight is 323 g/mol. The van der Waals surface area contributed by atoms with Crippen LogP contribution in [-0.4, -0.2) is 81.0 Å². The summed E-state index contributed by atoms with van der Waals surface area (Å²) >= 11 is 0. The van der Waals surface area contributed by atoms with Gasteiger partial charge in [0.1, 0.15) is 0 Å². The van der Waals surface area contributed by atoms with Crippen LogP contribution in [0.25, 0.3) is 0 Å². The lowest BCUT2D eigenvalue weighted by atomic mass is 10.3. The lowest BCUT2D eigenvalue weighted by molar-refractivity contribution is -0.137. The average Bonchev–Trinajstić information content (AvgIpc) is 2.45. The topological polar surface area (TPSA) is 116 Å². The largest absolute Gasteiger partial charge is 0.481 e. The zero-order valence-electron chi connectivity index (χ0n) is 11.9. The van der Waals surface area contributed by atoms with Gasteiger partial charge in [-0.3, -0.25) is 9.59 Å². The van der Waals surface area contributed by atoms with Gasteiger partial charge in [-0.15, -0.1) is 0 Å². The number of morpholine rings is 1. The fourth-order valence-corrected chi connectivity index (χ4v) is 2.65. The fraction of sp³-hybridized carbons (Fsp3) is 0.818. The molecule has 0 aromatic heterocycles. The predicted octanol–water partition coefficient (Wildman–Crippen LogP) is -1.52. The van der Waals surface area contributed by atoms with Crippen molar-refractivity contribution in [2.75, 3.05) is 46.4 Å². The highest BCUT2D eigenvalue weighted by molar-refractivity contribution is 7.87. The summed E-state index contributed by atoms with van der Waals surface area (Å²) in [4.78, 5) is 23.9. The van der Waals surface area contributed by atoms with Crippen LogP contribution in [0.5, 0.6) is 0 Å². The summed E-state index contributed by atoms with van der Waals surface area (Å²) < 4.78 is 31.9. The van der Waals surface area contributed by atoms with Gasteiger partial charge < -0.3 is 14.7 Å². The highest BCUT2D eigenvalue weighted by Crippen LogP contribution is 2.01. The highest BCUT2D eigenvalue weighted by Gasteiger charge is 2.20. The van der Waals surface area contributed by atoms with E-state index in [-0.39, 0.29) is 31.8 Å². The van der Waals surface area contributed by atoms with Gasteiger partial charge in [-0.1, -0.05) is 0 Å². The molecule has 0 aromatic carbocycles. The third-order valence-corrected chi connectivity index (χ3v) is 4.61. The Morgan fingerprint density at radius 1 is 1.29 bits per heavy atom. The molecule has 10 heteroatoms. The number of ether oxygens (including phenoxy) is 1. The smallest absolute Gasteiger partial charge is 0.304 e. The summed E-state index contributed by atoms with van der Waals surface area (Å²) in [6.07, 6.45) is -0.212. The summed E-state index contributed by atoms with van der Waals surface area (Å²) in [6, 6.07) is 0. The molecule has 2 N–H and O–H groups in total. The lowest BCUT2D eigenvalue weighted by Crippen LogP contribution is -2.43. The molecule has 0 unspecified atom stereocenters. The van der Waals surface area contributed by atoms with E-state index in [1.807, 2.05) is 0 Å². The second-order valence-corrected chi connectivity index (χ2v) is 6.47. The molecule has 1 aliphatic heterocycles. The van der Waals surface area contributed by atoms with Crippen LogP contribution in [-0.2, 0) is 24.5 Å². The molecular weight excluding hydrogens is 302 g/mol. The maximum absolute atomic E-state index is 11.8. The second-order valence-electron chi connectivity index (χ2n) is 4.61. The summed E-state index contributed by atoms with van der Waals surface area (Å²) in [5.74, 6) is -1.20. The first-order valence-corrected chi connectivity index (χ1v) is 8.05. The van der Waals surface area contributed by atoms with Crippen molar-refractivity contribution in [3.8, 4) is 0 Å². The van der Waals surface area contributed by atoms with Crippen molar-refractivity contribution < 1.29 is 27.9 Å². The van der Waals surface area contributed by atoms with E-state index in [2.05, 4.69) is 4.72 Å². The molecule has 0 aromatic rings. The molecule has 0 atom stereocenters. The van der Waals surface area contributed by atoms with Crippen molar-refractivity contribution >= 4 is 22.1 Å².